The highest BCUT2D eigenvalue weighted by atomic mass is 127. The molecule has 5 nitrogen and oxygen atoms in total. The van der Waals surface area contributed by atoms with Gasteiger partial charge in [-0.15, -0.1) is 24.0 Å². The van der Waals surface area contributed by atoms with E-state index >= 15 is 0 Å². The second kappa shape index (κ2) is 9.73. The fourth-order valence-corrected chi connectivity index (χ4v) is 3.63. The standard InChI is InChI=1S/C22H25N5.HI/c1-23-22(27-15-12-19-9-5-6-10-20(19)27)25-13-11-21-24-14-16-26(21)17-18-7-3-2-4-8-18;/h2-10,14,16H,11-13,15,17H2,1H3,(H,23,25);1H. The first-order valence-electron chi connectivity index (χ1n) is 9.45. The third-order valence-electron chi connectivity index (χ3n) is 4.98. The molecule has 6 heteroatoms. The summed E-state index contributed by atoms with van der Waals surface area (Å²) in [5.41, 5.74) is 3.93. The molecule has 1 aromatic heterocycles. The van der Waals surface area contributed by atoms with Gasteiger partial charge in [-0.1, -0.05) is 48.5 Å². The summed E-state index contributed by atoms with van der Waals surface area (Å²) >= 11 is 0. The van der Waals surface area contributed by atoms with Crippen LogP contribution in [-0.2, 0) is 19.4 Å². The number of guanidine groups is 1. The minimum Gasteiger partial charge on any atom is -0.356 e. The number of halogens is 1. The van der Waals surface area contributed by atoms with Crippen LogP contribution in [0.4, 0.5) is 5.69 Å². The highest BCUT2D eigenvalue weighted by Crippen LogP contribution is 2.27. The number of anilines is 1. The number of hydrogen-bond donors (Lipinski definition) is 1. The quantitative estimate of drug-likeness (QED) is 0.339. The summed E-state index contributed by atoms with van der Waals surface area (Å²) in [5.74, 6) is 2.02. The van der Waals surface area contributed by atoms with E-state index in [4.69, 9.17) is 0 Å². The Kier molecular flexibility index (Phi) is 7.08. The minimum absolute atomic E-state index is 0. The third kappa shape index (κ3) is 4.55. The molecule has 0 amide bonds. The summed E-state index contributed by atoms with van der Waals surface area (Å²) in [6.45, 7) is 2.63. The SMILES string of the molecule is CN=C(NCCc1nccn1Cc1ccccc1)N1CCc2ccccc21.I. The average Bonchev–Trinajstić information content (AvgIpc) is 3.33. The number of rotatable bonds is 5. The molecule has 0 spiro atoms. The number of nitrogens with zero attached hydrogens (tertiary/aromatic N) is 4. The van der Waals surface area contributed by atoms with Crippen LogP contribution in [0.5, 0.6) is 0 Å². The van der Waals surface area contributed by atoms with Gasteiger partial charge in [0.05, 0.1) is 0 Å². The molecule has 0 fully saturated rings. The molecule has 2 heterocycles. The number of imidazole rings is 1. The second-order valence-corrected chi connectivity index (χ2v) is 6.71. The van der Waals surface area contributed by atoms with Crippen molar-refractivity contribution >= 4 is 35.6 Å². The van der Waals surface area contributed by atoms with E-state index < -0.39 is 0 Å². The Morgan fingerprint density at radius 2 is 1.89 bits per heavy atom. The Labute approximate surface area is 183 Å². The smallest absolute Gasteiger partial charge is 0.198 e. The van der Waals surface area contributed by atoms with E-state index in [2.05, 4.69) is 73.3 Å². The molecule has 0 radical (unpaired) electrons. The van der Waals surface area contributed by atoms with Gasteiger partial charge in [-0.2, -0.15) is 0 Å². The van der Waals surface area contributed by atoms with Crippen LogP contribution in [-0.4, -0.2) is 35.6 Å². The molecule has 0 unspecified atom stereocenters. The molecule has 0 bridgehead atoms. The van der Waals surface area contributed by atoms with Crippen molar-refractivity contribution in [3.05, 3.63) is 83.9 Å². The number of aromatic nitrogens is 2. The van der Waals surface area contributed by atoms with Crippen molar-refractivity contribution in [3.63, 3.8) is 0 Å². The molecule has 2 aromatic carbocycles. The lowest BCUT2D eigenvalue weighted by atomic mass is 10.2. The van der Waals surface area contributed by atoms with Gasteiger partial charge in [-0.25, -0.2) is 4.98 Å². The van der Waals surface area contributed by atoms with E-state index in [-0.39, 0.29) is 24.0 Å². The number of benzene rings is 2. The van der Waals surface area contributed by atoms with Crippen LogP contribution in [0, 0.1) is 0 Å². The van der Waals surface area contributed by atoms with Crippen LogP contribution in [0.2, 0.25) is 0 Å². The normalized spacial score (nSPS) is 13.2. The Morgan fingerprint density at radius 3 is 2.71 bits per heavy atom. The lowest BCUT2D eigenvalue weighted by Crippen LogP contribution is -2.41. The summed E-state index contributed by atoms with van der Waals surface area (Å²) < 4.78 is 2.21. The van der Waals surface area contributed by atoms with E-state index in [1.807, 2.05) is 25.5 Å². The lowest BCUT2D eigenvalue weighted by molar-refractivity contribution is 0.699. The van der Waals surface area contributed by atoms with Gasteiger partial charge in [-0.3, -0.25) is 4.99 Å². The van der Waals surface area contributed by atoms with Gasteiger partial charge in [0.25, 0.3) is 0 Å². The van der Waals surface area contributed by atoms with Gasteiger partial charge in [0.15, 0.2) is 5.96 Å². The Hall–Kier alpha value is -2.35. The van der Waals surface area contributed by atoms with Crippen molar-refractivity contribution in [1.29, 1.82) is 0 Å². The van der Waals surface area contributed by atoms with Crippen molar-refractivity contribution in [2.75, 3.05) is 25.0 Å². The maximum Gasteiger partial charge on any atom is 0.198 e. The highest BCUT2D eigenvalue weighted by Gasteiger charge is 2.22. The van der Waals surface area contributed by atoms with Gasteiger partial charge in [0.1, 0.15) is 5.82 Å². The Balaban J connectivity index is 0.00000225. The summed E-state index contributed by atoms with van der Waals surface area (Å²) in [6, 6.07) is 19.0. The summed E-state index contributed by atoms with van der Waals surface area (Å²) in [6.07, 6.45) is 5.85. The maximum atomic E-state index is 4.54. The van der Waals surface area contributed by atoms with E-state index in [1.54, 1.807) is 0 Å². The first-order valence-corrected chi connectivity index (χ1v) is 9.45. The molecule has 28 heavy (non-hydrogen) atoms. The van der Waals surface area contributed by atoms with Crippen molar-refractivity contribution < 1.29 is 0 Å². The molecular weight excluding hydrogens is 461 g/mol. The molecule has 3 aromatic rings. The van der Waals surface area contributed by atoms with E-state index in [0.29, 0.717) is 0 Å². The molecule has 4 rings (SSSR count). The first-order chi connectivity index (χ1) is 13.3. The minimum atomic E-state index is 0. The van der Waals surface area contributed by atoms with Crippen LogP contribution in [0.1, 0.15) is 17.0 Å². The number of para-hydroxylation sites is 1. The zero-order valence-electron chi connectivity index (χ0n) is 16.1. The molecular formula is C22H26IN5. The topological polar surface area (TPSA) is 45.5 Å². The zero-order valence-corrected chi connectivity index (χ0v) is 18.4. The third-order valence-corrected chi connectivity index (χ3v) is 4.98. The molecule has 1 aliphatic rings. The summed E-state index contributed by atoms with van der Waals surface area (Å²) in [5, 5.41) is 3.50. The van der Waals surface area contributed by atoms with E-state index in [0.717, 1.165) is 44.3 Å². The largest absolute Gasteiger partial charge is 0.356 e. The number of fused-ring (bicyclic) bond motifs is 1. The summed E-state index contributed by atoms with van der Waals surface area (Å²) in [7, 11) is 1.85. The lowest BCUT2D eigenvalue weighted by Gasteiger charge is -2.22. The monoisotopic (exact) mass is 487 g/mol. The fraction of sp³-hybridized carbons (Fsp3) is 0.273. The van der Waals surface area contributed by atoms with Gasteiger partial charge in [0, 0.05) is 51.2 Å². The number of aliphatic imine (C=N–C) groups is 1. The predicted molar refractivity (Wildman–Crippen MR) is 126 cm³/mol. The maximum absolute atomic E-state index is 4.54. The predicted octanol–water partition coefficient (Wildman–Crippen LogP) is 3.73. The van der Waals surface area contributed by atoms with Gasteiger partial charge in [-0.05, 0) is 23.6 Å². The van der Waals surface area contributed by atoms with Crippen molar-refractivity contribution in [2.24, 2.45) is 4.99 Å². The van der Waals surface area contributed by atoms with E-state index in [1.165, 1.54) is 16.8 Å². The molecule has 0 saturated carbocycles. The van der Waals surface area contributed by atoms with Gasteiger partial charge in [0.2, 0.25) is 0 Å². The molecule has 1 aliphatic heterocycles. The summed E-state index contributed by atoms with van der Waals surface area (Å²) in [4.78, 5) is 11.3. The molecule has 146 valence electrons. The van der Waals surface area contributed by atoms with Crippen LogP contribution in [0.3, 0.4) is 0 Å². The van der Waals surface area contributed by atoms with Crippen LogP contribution in [0.25, 0.3) is 0 Å². The van der Waals surface area contributed by atoms with Gasteiger partial charge < -0.3 is 14.8 Å². The number of nitrogens with one attached hydrogen (secondary N) is 1. The average molecular weight is 487 g/mol. The molecule has 0 atom stereocenters. The van der Waals surface area contributed by atoms with Crippen molar-refractivity contribution in [1.82, 2.24) is 14.9 Å². The van der Waals surface area contributed by atoms with Gasteiger partial charge >= 0.3 is 0 Å². The van der Waals surface area contributed by atoms with Crippen molar-refractivity contribution in [3.8, 4) is 0 Å². The number of hydrogen-bond acceptors (Lipinski definition) is 2. The Morgan fingerprint density at radius 1 is 1.11 bits per heavy atom. The molecule has 0 saturated heterocycles. The molecule has 0 aliphatic carbocycles. The van der Waals surface area contributed by atoms with Crippen LogP contribution < -0.4 is 10.2 Å². The van der Waals surface area contributed by atoms with Crippen LogP contribution in [0.15, 0.2) is 72.0 Å². The first kappa shape index (κ1) is 20.4. The van der Waals surface area contributed by atoms with E-state index in [9.17, 15) is 0 Å². The highest BCUT2D eigenvalue weighted by molar-refractivity contribution is 14.0. The fourth-order valence-electron chi connectivity index (χ4n) is 3.63. The molecule has 1 N–H and O–H groups in total. The van der Waals surface area contributed by atoms with Crippen molar-refractivity contribution in [2.45, 2.75) is 19.4 Å². The zero-order chi connectivity index (χ0) is 18.5. The Bertz CT molecular complexity index is 919. The van der Waals surface area contributed by atoms with Crippen LogP contribution >= 0.6 is 24.0 Å². The second-order valence-electron chi connectivity index (χ2n) is 6.71.